The fraction of sp³-hybridized carbons (Fsp3) is 0.200. The highest BCUT2D eigenvalue weighted by atomic mass is 16.4. The van der Waals surface area contributed by atoms with E-state index in [4.69, 9.17) is 4.42 Å². The molecule has 2 aromatic carbocycles. The Kier molecular flexibility index (Phi) is 4.93. The summed E-state index contributed by atoms with van der Waals surface area (Å²) in [6.45, 7) is 0.821. The van der Waals surface area contributed by atoms with Crippen LogP contribution in [-0.4, -0.2) is 9.97 Å². The van der Waals surface area contributed by atoms with Crippen LogP contribution in [0, 0.1) is 0 Å². The Balaban J connectivity index is 1.26. The first kappa shape index (κ1) is 17.8. The smallest absolute Gasteiger partial charge is 0.226 e. The SMILES string of the molecule is c1ccc(-c2cnc(-c3ccc(CNC4CCCc5cccnc54)cc3)o2)cc1. The fourth-order valence-corrected chi connectivity index (χ4v) is 3.96. The van der Waals surface area contributed by atoms with Crippen LogP contribution in [0.5, 0.6) is 0 Å². The maximum absolute atomic E-state index is 5.95. The third-order valence-corrected chi connectivity index (χ3v) is 5.51. The molecule has 0 aliphatic heterocycles. The van der Waals surface area contributed by atoms with Crippen molar-refractivity contribution in [2.75, 3.05) is 0 Å². The monoisotopic (exact) mass is 381 g/mol. The van der Waals surface area contributed by atoms with Gasteiger partial charge in [-0.15, -0.1) is 0 Å². The minimum Gasteiger partial charge on any atom is -0.436 e. The molecule has 1 N–H and O–H groups in total. The average Bonchev–Trinajstić information content (AvgIpc) is 3.29. The van der Waals surface area contributed by atoms with Crippen molar-refractivity contribution in [2.24, 2.45) is 0 Å². The Morgan fingerprint density at radius 3 is 2.62 bits per heavy atom. The van der Waals surface area contributed by atoms with Gasteiger partial charge in [-0.1, -0.05) is 48.5 Å². The molecule has 0 amide bonds. The van der Waals surface area contributed by atoms with Crippen molar-refractivity contribution in [1.82, 2.24) is 15.3 Å². The van der Waals surface area contributed by atoms with E-state index < -0.39 is 0 Å². The van der Waals surface area contributed by atoms with Crippen LogP contribution in [0.1, 0.15) is 35.7 Å². The van der Waals surface area contributed by atoms with Crippen molar-refractivity contribution in [3.8, 4) is 22.8 Å². The Bertz CT molecular complexity index is 1090. The largest absolute Gasteiger partial charge is 0.436 e. The number of nitrogens with zero attached hydrogens (tertiary/aromatic N) is 2. The number of oxazole rings is 1. The van der Waals surface area contributed by atoms with Crippen molar-refractivity contribution < 1.29 is 4.42 Å². The van der Waals surface area contributed by atoms with Crippen LogP contribution in [0.2, 0.25) is 0 Å². The molecular formula is C25H23N3O. The number of hydrogen-bond acceptors (Lipinski definition) is 4. The highest BCUT2D eigenvalue weighted by molar-refractivity contribution is 5.61. The Hall–Kier alpha value is -3.24. The minimum absolute atomic E-state index is 0.333. The van der Waals surface area contributed by atoms with Gasteiger partial charge in [-0.25, -0.2) is 4.98 Å². The molecule has 4 aromatic rings. The van der Waals surface area contributed by atoms with Gasteiger partial charge in [0, 0.05) is 23.9 Å². The molecular weight excluding hydrogens is 358 g/mol. The third kappa shape index (κ3) is 3.84. The van der Waals surface area contributed by atoms with Gasteiger partial charge >= 0.3 is 0 Å². The molecule has 0 spiro atoms. The third-order valence-electron chi connectivity index (χ3n) is 5.51. The van der Waals surface area contributed by atoms with E-state index in [0.717, 1.165) is 36.3 Å². The van der Waals surface area contributed by atoms with Gasteiger partial charge in [-0.2, -0.15) is 0 Å². The maximum Gasteiger partial charge on any atom is 0.226 e. The second-order valence-corrected chi connectivity index (χ2v) is 7.47. The first-order chi connectivity index (χ1) is 14.4. The number of pyridine rings is 1. The molecule has 0 saturated heterocycles. The second kappa shape index (κ2) is 8.02. The van der Waals surface area contributed by atoms with Gasteiger partial charge < -0.3 is 9.73 Å². The number of nitrogens with one attached hydrogen (secondary N) is 1. The molecule has 144 valence electrons. The average molecular weight is 381 g/mol. The lowest BCUT2D eigenvalue weighted by Crippen LogP contribution is -2.25. The quantitative estimate of drug-likeness (QED) is 0.491. The van der Waals surface area contributed by atoms with Gasteiger partial charge in [-0.05, 0) is 48.6 Å². The lowest BCUT2D eigenvalue weighted by molar-refractivity contribution is 0.447. The first-order valence-corrected chi connectivity index (χ1v) is 10.1. The van der Waals surface area contributed by atoms with Crippen LogP contribution in [0.15, 0.2) is 83.5 Å². The number of hydrogen-bond donors (Lipinski definition) is 1. The van der Waals surface area contributed by atoms with Gasteiger partial charge in [0.05, 0.1) is 17.9 Å². The number of rotatable bonds is 5. The van der Waals surface area contributed by atoms with Gasteiger partial charge in [-0.3, -0.25) is 4.98 Å². The van der Waals surface area contributed by atoms with Crippen LogP contribution in [-0.2, 0) is 13.0 Å². The standard InChI is InChI=1S/C25H23N3O/c1-2-6-19(7-3-1)23-17-28-25(29-23)21-13-11-18(12-14-21)16-27-22-10-4-8-20-9-5-15-26-24(20)22/h1-3,5-7,9,11-15,17,22,27H,4,8,10,16H2. The molecule has 0 radical (unpaired) electrons. The summed E-state index contributed by atoms with van der Waals surface area (Å²) in [5.74, 6) is 1.43. The van der Waals surface area contributed by atoms with E-state index in [-0.39, 0.29) is 0 Å². The van der Waals surface area contributed by atoms with Crippen LogP contribution >= 0.6 is 0 Å². The summed E-state index contributed by atoms with van der Waals surface area (Å²) in [6, 6.07) is 23.0. The van der Waals surface area contributed by atoms with E-state index in [2.05, 4.69) is 45.6 Å². The zero-order valence-corrected chi connectivity index (χ0v) is 16.2. The summed E-state index contributed by atoms with van der Waals surface area (Å²) in [7, 11) is 0. The lowest BCUT2D eigenvalue weighted by Gasteiger charge is -2.25. The summed E-state index contributed by atoms with van der Waals surface area (Å²) in [4.78, 5) is 9.06. The van der Waals surface area contributed by atoms with Crippen molar-refractivity contribution in [1.29, 1.82) is 0 Å². The molecule has 0 bridgehead atoms. The molecule has 2 heterocycles. The predicted octanol–water partition coefficient (Wildman–Crippen LogP) is 5.57. The zero-order chi connectivity index (χ0) is 19.5. The molecule has 0 saturated carbocycles. The van der Waals surface area contributed by atoms with E-state index >= 15 is 0 Å². The van der Waals surface area contributed by atoms with E-state index in [9.17, 15) is 0 Å². The van der Waals surface area contributed by atoms with Gasteiger partial charge in [0.25, 0.3) is 0 Å². The zero-order valence-electron chi connectivity index (χ0n) is 16.2. The summed E-state index contributed by atoms with van der Waals surface area (Å²) >= 11 is 0. The van der Waals surface area contributed by atoms with Gasteiger partial charge in [0.15, 0.2) is 5.76 Å². The highest BCUT2D eigenvalue weighted by Crippen LogP contribution is 2.29. The van der Waals surface area contributed by atoms with E-state index in [1.165, 1.54) is 23.2 Å². The Morgan fingerprint density at radius 1 is 0.897 bits per heavy atom. The Labute approximate surface area is 170 Å². The van der Waals surface area contributed by atoms with Gasteiger partial charge in [0.2, 0.25) is 5.89 Å². The topological polar surface area (TPSA) is 51.0 Å². The summed E-state index contributed by atoms with van der Waals surface area (Å²) in [6.07, 6.45) is 7.17. The molecule has 4 heteroatoms. The van der Waals surface area contributed by atoms with Crippen molar-refractivity contribution in [2.45, 2.75) is 31.8 Å². The predicted molar refractivity (Wildman–Crippen MR) is 114 cm³/mol. The summed E-state index contributed by atoms with van der Waals surface area (Å²) in [5.41, 5.74) is 5.86. The molecule has 1 aliphatic carbocycles. The number of aromatic nitrogens is 2. The van der Waals surface area contributed by atoms with Crippen LogP contribution in [0.25, 0.3) is 22.8 Å². The van der Waals surface area contributed by atoms with Crippen LogP contribution < -0.4 is 5.32 Å². The summed E-state index contributed by atoms with van der Waals surface area (Å²) < 4.78 is 5.95. The molecule has 4 nitrogen and oxygen atoms in total. The highest BCUT2D eigenvalue weighted by Gasteiger charge is 2.20. The summed E-state index contributed by atoms with van der Waals surface area (Å²) in [5, 5.41) is 3.68. The molecule has 5 rings (SSSR count). The number of fused-ring (bicyclic) bond motifs is 1. The Morgan fingerprint density at radius 2 is 1.76 bits per heavy atom. The van der Waals surface area contributed by atoms with Crippen LogP contribution in [0.3, 0.4) is 0 Å². The minimum atomic E-state index is 0.333. The lowest BCUT2D eigenvalue weighted by atomic mass is 9.92. The molecule has 1 unspecified atom stereocenters. The van der Waals surface area contributed by atoms with Crippen molar-refractivity contribution >= 4 is 0 Å². The van der Waals surface area contributed by atoms with E-state index in [0.29, 0.717) is 11.9 Å². The van der Waals surface area contributed by atoms with Crippen molar-refractivity contribution in [3.63, 3.8) is 0 Å². The first-order valence-electron chi connectivity index (χ1n) is 10.1. The second-order valence-electron chi connectivity index (χ2n) is 7.47. The maximum atomic E-state index is 5.95. The molecule has 1 aliphatic rings. The van der Waals surface area contributed by atoms with E-state index in [1.54, 1.807) is 6.20 Å². The molecule has 2 aromatic heterocycles. The molecule has 1 atom stereocenters. The van der Waals surface area contributed by atoms with Crippen molar-refractivity contribution in [3.05, 3.63) is 95.9 Å². The van der Waals surface area contributed by atoms with E-state index in [1.807, 2.05) is 42.6 Å². The fourth-order valence-electron chi connectivity index (χ4n) is 3.96. The number of aryl methyl sites for hydroxylation is 1. The molecule has 0 fully saturated rings. The number of benzene rings is 2. The molecule has 29 heavy (non-hydrogen) atoms. The van der Waals surface area contributed by atoms with Gasteiger partial charge in [0.1, 0.15) is 0 Å². The van der Waals surface area contributed by atoms with Crippen LogP contribution in [0.4, 0.5) is 0 Å². The normalized spacial score (nSPS) is 15.8.